The van der Waals surface area contributed by atoms with Crippen molar-refractivity contribution < 1.29 is 23.8 Å². The normalized spacial score (nSPS) is 27.0. The number of aromatic amines is 3. The predicted octanol–water partition coefficient (Wildman–Crippen LogP) is 10.5. The summed E-state index contributed by atoms with van der Waals surface area (Å²) >= 11 is 0. The number of rotatable bonds is 2. The summed E-state index contributed by atoms with van der Waals surface area (Å²) in [5, 5.41) is 21.8. The molecule has 1 unspecified atom stereocenters. The minimum absolute atomic E-state index is 0.164. The van der Waals surface area contributed by atoms with Crippen LogP contribution < -0.4 is 14.6 Å². The van der Waals surface area contributed by atoms with Crippen LogP contribution >= 0.6 is 7.75 Å². The third-order valence-electron chi connectivity index (χ3n) is 13.6. The first-order valence-electron chi connectivity index (χ1n) is 19.8. The van der Waals surface area contributed by atoms with E-state index >= 15 is 0 Å². The van der Waals surface area contributed by atoms with Gasteiger partial charge in [-0.05, 0) is 152 Å². The molecule has 14 bridgehead atoms. The Balaban J connectivity index is 1.30. The van der Waals surface area contributed by atoms with Crippen molar-refractivity contribution in [3.05, 3.63) is 213 Å². The van der Waals surface area contributed by atoms with Crippen LogP contribution in [0, 0.1) is 0 Å². The van der Waals surface area contributed by atoms with Crippen LogP contribution in [0.4, 0.5) is 0 Å². The summed E-state index contributed by atoms with van der Waals surface area (Å²) < 4.78 is 25.9. The van der Waals surface area contributed by atoms with E-state index in [2.05, 4.69) is 103 Å². The zero-order valence-corrected chi connectivity index (χ0v) is 34.1. The lowest BCUT2D eigenvalue weighted by Gasteiger charge is -2.37. The van der Waals surface area contributed by atoms with E-state index in [4.69, 9.17) is 14.6 Å². The van der Waals surface area contributed by atoms with E-state index in [-0.39, 0.29) is 11.5 Å². The Bertz CT molecular complexity index is 2940. The fourth-order valence-electron chi connectivity index (χ4n) is 9.76. The first-order valence-corrected chi connectivity index (χ1v) is 21.4. The topological polar surface area (TPSA) is 149 Å². The number of hydrogen-bond acceptors (Lipinski definition) is 5. The van der Waals surface area contributed by atoms with Crippen molar-refractivity contribution in [1.29, 1.82) is 0 Å². The Kier molecular flexibility index (Phi) is 8.00. The van der Waals surface area contributed by atoms with Gasteiger partial charge in [0.2, 0.25) is 0 Å². The van der Waals surface area contributed by atoms with Crippen LogP contribution in [-0.4, -0.2) is 25.2 Å². The van der Waals surface area contributed by atoms with Crippen molar-refractivity contribution in [3.8, 4) is 23.0 Å². The van der Waals surface area contributed by atoms with Crippen LogP contribution in [-0.2, 0) is 26.2 Å². The van der Waals surface area contributed by atoms with Crippen LogP contribution in [0.5, 0.6) is 23.0 Å². The zero-order chi connectivity index (χ0) is 41.0. The highest BCUT2D eigenvalue weighted by molar-refractivity contribution is 7.52. The number of phenolic OH excluding ortho intramolecular Hbond substituents is 2. The molecule has 7 aromatic rings. The number of hydrogen-bond donors (Lipinski definition) is 6. The molecule has 5 atom stereocenters. The van der Waals surface area contributed by atoms with E-state index in [9.17, 15) is 14.8 Å². The molecule has 0 saturated heterocycles. The lowest BCUT2D eigenvalue weighted by molar-refractivity contribution is 0.386. The molecular weight excluding hydrogens is 756 g/mol. The van der Waals surface area contributed by atoms with Crippen LogP contribution in [0.25, 0.3) is 0 Å². The molecule has 0 spiro atoms. The van der Waals surface area contributed by atoms with E-state index < -0.39 is 29.4 Å². The van der Waals surface area contributed by atoms with Gasteiger partial charge in [-0.2, -0.15) is 0 Å². The second kappa shape index (κ2) is 12.8. The second-order valence-electron chi connectivity index (χ2n) is 16.8. The van der Waals surface area contributed by atoms with Gasteiger partial charge in [0.1, 0.15) is 23.0 Å². The standard InChI is InChI=1S/C49H45N4O5P/c1-46(30-9-5-13-36(54)26-30)34-17-18-35(25-34)47(2)32-11-7-15-38(28-32)57-59(50,56)58-39-16-8-12-33(29-39)49(4,44-22-20-41(47)52-44)45-24-23-43(53-45)48(3,42-21-19-40(46)51-42)31-10-6-14-37(55)27-31/h5-24,26-29,51-55H,25H2,1-4H3,(H2,50,56)/t46-,47+,48-,49+,59?/m1/s1. The number of nitrogens with two attached hydrogens (primary N) is 1. The van der Waals surface area contributed by atoms with Gasteiger partial charge >= 0.3 is 7.75 Å². The van der Waals surface area contributed by atoms with Gasteiger partial charge in [-0.25, -0.2) is 10.1 Å². The monoisotopic (exact) mass is 800 g/mol. The molecule has 2 aliphatic heterocycles. The molecule has 0 fully saturated rings. The molecule has 3 aromatic heterocycles. The van der Waals surface area contributed by atoms with Crippen molar-refractivity contribution >= 4 is 7.75 Å². The van der Waals surface area contributed by atoms with E-state index in [0.29, 0.717) is 17.9 Å². The van der Waals surface area contributed by atoms with Crippen LogP contribution in [0.3, 0.4) is 0 Å². The summed E-state index contributed by atoms with van der Waals surface area (Å²) in [4.78, 5) is 11.7. The van der Waals surface area contributed by atoms with Crippen molar-refractivity contribution in [2.24, 2.45) is 5.50 Å². The van der Waals surface area contributed by atoms with Gasteiger partial charge in [0.25, 0.3) is 0 Å². The summed E-state index contributed by atoms with van der Waals surface area (Å²) in [5.74, 6) is 0.987. The minimum Gasteiger partial charge on any atom is -0.508 e. The first-order chi connectivity index (χ1) is 28.2. The van der Waals surface area contributed by atoms with Crippen molar-refractivity contribution in [2.45, 2.75) is 55.8 Å². The number of allylic oxidation sites excluding steroid dienone is 4. The van der Waals surface area contributed by atoms with Crippen LogP contribution in [0.1, 0.15) is 90.5 Å². The van der Waals surface area contributed by atoms with Gasteiger partial charge in [0.15, 0.2) is 0 Å². The number of phenols is 2. The summed E-state index contributed by atoms with van der Waals surface area (Å²) in [5.41, 5.74) is 14.6. The largest absolute Gasteiger partial charge is 0.510 e. The van der Waals surface area contributed by atoms with Gasteiger partial charge in [0.05, 0.1) is 21.7 Å². The molecule has 4 aromatic carbocycles. The van der Waals surface area contributed by atoms with Gasteiger partial charge < -0.3 is 34.2 Å². The van der Waals surface area contributed by atoms with Gasteiger partial charge in [-0.1, -0.05) is 60.7 Å². The molecular formula is C49H45N4O5P. The molecule has 9 nitrogen and oxygen atoms in total. The number of H-pyrrole nitrogens is 3. The third kappa shape index (κ3) is 5.52. The Labute approximate surface area is 342 Å². The molecule has 3 aliphatic rings. The molecule has 59 heavy (non-hydrogen) atoms. The van der Waals surface area contributed by atoms with Gasteiger partial charge in [0, 0.05) is 34.2 Å². The lowest BCUT2D eigenvalue weighted by atomic mass is 9.68. The quantitative estimate of drug-likeness (QED) is 0.0959. The molecule has 0 saturated carbocycles. The van der Waals surface area contributed by atoms with E-state index in [1.807, 2.05) is 60.7 Å². The fraction of sp³-hybridized carbons (Fsp3) is 0.184. The van der Waals surface area contributed by atoms with Crippen molar-refractivity contribution in [2.75, 3.05) is 0 Å². The minimum atomic E-state index is -4.15. The van der Waals surface area contributed by atoms with Gasteiger partial charge in [-0.3, -0.25) is 0 Å². The van der Waals surface area contributed by atoms with Crippen LogP contribution in [0.15, 0.2) is 157 Å². The van der Waals surface area contributed by atoms with Crippen LogP contribution in [0.2, 0.25) is 0 Å². The lowest BCUT2D eigenvalue weighted by Crippen LogP contribution is -2.32. The third-order valence-corrected chi connectivity index (χ3v) is 14.5. The van der Waals surface area contributed by atoms with Crippen molar-refractivity contribution in [1.82, 2.24) is 15.0 Å². The number of benzene rings is 4. The van der Waals surface area contributed by atoms with E-state index in [0.717, 1.165) is 67.6 Å². The number of fused-ring (bicyclic) bond motifs is 14. The number of aromatic hydroxyl groups is 2. The average molecular weight is 801 g/mol. The molecule has 5 heterocycles. The highest BCUT2D eigenvalue weighted by Gasteiger charge is 2.45. The summed E-state index contributed by atoms with van der Waals surface area (Å²) in [6.07, 6.45) is 5.01. The molecule has 7 N–H and O–H groups in total. The molecule has 10 rings (SSSR count). The Hall–Kier alpha value is -6.41. The Morgan fingerprint density at radius 3 is 1.20 bits per heavy atom. The molecule has 0 amide bonds. The van der Waals surface area contributed by atoms with E-state index in [1.54, 1.807) is 24.3 Å². The van der Waals surface area contributed by atoms with Crippen molar-refractivity contribution in [3.63, 3.8) is 0 Å². The average Bonchev–Trinajstić information content (AvgIpc) is 4.07. The first kappa shape index (κ1) is 36.9. The summed E-state index contributed by atoms with van der Waals surface area (Å²) in [7, 11) is -4.15. The molecule has 1 aliphatic carbocycles. The molecule has 10 heteroatoms. The number of aromatic nitrogens is 3. The zero-order valence-electron chi connectivity index (χ0n) is 33.2. The highest BCUT2D eigenvalue weighted by Crippen LogP contribution is 2.53. The number of nitrogens with one attached hydrogen (secondary N) is 3. The maximum absolute atomic E-state index is 13.9. The highest BCUT2D eigenvalue weighted by atomic mass is 31.2. The summed E-state index contributed by atoms with van der Waals surface area (Å²) in [6, 6.07) is 42.8. The Morgan fingerprint density at radius 2 is 0.814 bits per heavy atom. The fourth-order valence-corrected chi connectivity index (χ4v) is 10.6. The predicted molar refractivity (Wildman–Crippen MR) is 229 cm³/mol. The van der Waals surface area contributed by atoms with E-state index in [1.165, 1.54) is 0 Å². The molecule has 296 valence electrons. The second-order valence-corrected chi connectivity index (χ2v) is 18.2. The maximum atomic E-state index is 13.9. The Morgan fingerprint density at radius 1 is 0.492 bits per heavy atom. The summed E-state index contributed by atoms with van der Waals surface area (Å²) in [6.45, 7) is 8.74. The molecule has 0 radical (unpaired) electrons. The maximum Gasteiger partial charge on any atom is 0.510 e. The smallest absolute Gasteiger partial charge is 0.508 e. The van der Waals surface area contributed by atoms with Gasteiger partial charge in [-0.15, -0.1) is 0 Å². The SMILES string of the molecule is C[C@@]1(c2cccc(O)c2)C2=CC=C(C2)[C@]2(C)c3cccc(c3)OP(N)(=O)Oc3cccc(c3)[C@@](C)(c3ccc2[nH]3)c2ccc([nH]2)[C@](C)(c2cccc(O)c2)c2ccc1[nH]2.